The van der Waals surface area contributed by atoms with Crippen LogP contribution >= 0.6 is 43.2 Å². The molecule has 4 nitrogen and oxygen atoms in total. The van der Waals surface area contributed by atoms with Crippen LogP contribution in [0.4, 0.5) is 0 Å². The molecule has 0 aliphatic heterocycles. The van der Waals surface area contributed by atoms with E-state index in [-0.39, 0.29) is 16.9 Å². The molecule has 0 spiro atoms. The van der Waals surface area contributed by atoms with Crippen LogP contribution in [0, 0.1) is 5.41 Å². The molecule has 2 rings (SSSR count). The second kappa shape index (κ2) is 6.75. The highest BCUT2D eigenvalue weighted by molar-refractivity contribution is 9.12. The minimum Gasteiger partial charge on any atom is -0.396 e. The molecular formula is C12H17Br2NO3S2. The molecule has 8 heteroatoms. The quantitative estimate of drug-likeness (QED) is 0.727. The molecule has 1 aliphatic carbocycles. The van der Waals surface area contributed by atoms with Gasteiger partial charge in [0.05, 0.1) is 7.57 Å². The van der Waals surface area contributed by atoms with Crippen molar-refractivity contribution in [3.05, 3.63) is 13.6 Å². The maximum Gasteiger partial charge on any atom is 0.242 e. The molecule has 1 aromatic rings. The minimum absolute atomic E-state index is 0.0318. The third-order valence-corrected chi connectivity index (χ3v) is 7.96. The number of nitrogens with one attached hydrogen (secondary N) is 1. The molecule has 2 N–H and O–H groups in total. The van der Waals surface area contributed by atoms with Crippen molar-refractivity contribution in [2.45, 2.75) is 37.0 Å². The van der Waals surface area contributed by atoms with Gasteiger partial charge in [-0.2, -0.15) is 0 Å². The van der Waals surface area contributed by atoms with Gasteiger partial charge < -0.3 is 5.11 Å². The van der Waals surface area contributed by atoms with Gasteiger partial charge in [0.2, 0.25) is 10.0 Å². The number of thiophene rings is 1. The lowest BCUT2D eigenvalue weighted by molar-refractivity contribution is 0.0867. The SMILES string of the molecule is O=S(=O)(NCC1(CO)CCCCC1)c1cc(Br)sc1Br. The van der Waals surface area contributed by atoms with Crippen LogP contribution in [-0.2, 0) is 10.0 Å². The van der Waals surface area contributed by atoms with Gasteiger partial charge in [-0.3, -0.25) is 0 Å². The molecule has 0 radical (unpaired) electrons. The highest BCUT2D eigenvalue weighted by atomic mass is 79.9. The average Bonchev–Trinajstić information content (AvgIpc) is 2.78. The highest BCUT2D eigenvalue weighted by Gasteiger charge is 2.33. The first-order valence-corrected chi connectivity index (χ1v) is 10.3. The Morgan fingerprint density at radius 2 is 1.95 bits per heavy atom. The van der Waals surface area contributed by atoms with Crippen molar-refractivity contribution in [1.82, 2.24) is 4.72 Å². The minimum atomic E-state index is -3.55. The molecule has 0 aromatic carbocycles. The fraction of sp³-hybridized carbons (Fsp3) is 0.667. The van der Waals surface area contributed by atoms with Crippen molar-refractivity contribution in [3.8, 4) is 0 Å². The summed E-state index contributed by atoms with van der Waals surface area (Å²) in [6.45, 7) is 0.329. The molecule has 0 amide bonds. The first-order chi connectivity index (χ1) is 9.38. The molecular weight excluding hydrogens is 430 g/mol. The van der Waals surface area contributed by atoms with E-state index in [1.807, 2.05) is 0 Å². The van der Waals surface area contributed by atoms with E-state index in [2.05, 4.69) is 36.6 Å². The summed E-state index contributed by atoms with van der Waals surface area (Å²) in [6, 6.07) is 1.59. The molecule has 1 aromatic heterocycles. The third-order valence-electron chi connectivity index (χ3n) is 3.80. The Balaban J connectivity index is 2.10. The molecule has 1 fully saturated rings. The van der Waals surface area contributed by atoms with Crippen molar-refractivity contribution in [3.63, 3.8) is 0 Å². The van der Waals surface area contributed by atoms with Crippen LogP contribution < -0.4 is 4.72 Å². The first-order valence-electron chi connectivity index (χ1n) is 6.44. The van der Waals surface area contributed by atoms with Crippen LogP contribution in [0.15, 0.2) is 18.5 Å². The molecule has 0 bridgehead atoms. The van der Waals surface area contributed by atoms with E-state index in [0.29, 0.717) is 10.3 Å². The molecule has 0 atom stereocenters. The molecule has 1 saturated carbocycles. The Hall–Kier alpha value is 0.530. The summed E-state index contributed by atoms with van der Waals surface area (Å²) < 4.78 is 28.7. The number of hydrogen-bond donors (Lipinski definition) is 2. The van der Waals surface area contributed by atoms with Crippen LogP contribution in [0.25, 0.3) is 0 Å². The topological polar surface area (TPSA) is 66.4 Å². The van der Waals surface area contributed by atoms with Gasteiger partial charge in [-0.15, -0.1) is 11.3 Å². The van der Waals surface area contributed by atoms with Crippen molar-refractivity contribution in [1.29, 1.82) is 0 Å². The lowest BCUT2D eigenvalue weighted by Crippen LogP contribution is -2.41. The Morgan fingerprint density at radius 1 is 1.30 bits per heavy atom. The molecule has 0 unspecified atom stereocenters. The van der Waals surface area contributed by atoms with Gasteiger partial charge in [0.1, 0.15) is 4.90 Å². The van der Waals surface area contributed by atoms with Crippen molar-refractivity contribution >= 4 is 53.2 Å². The third kappa shape index (κ3) is 3.84. The Labute approximate surface area is 140 Å². The molecule has 114 valence electrons. The van der Waals surface area contributed by atoms with Gasteiger partial charge >= 0.3 is 0 Å². The standard InChI is InChI=1S/C12H17Br2NO3S2/c13-10-6-9(11(14)19-10)20(17,18)15-7-12(8-16)4-2-1-3-5-12/h6,15-16H,1-5,7-8H2. The summed E-state index contributed by atoms with van der Waals surface area (Å²) in [5.74, 6) is 0. The fourth-order valence-electron chi connectivity index (χ4n) is 2.53. The van der Waals surface area contributed by atoms with Gasteiger partial charge in [0.25, 0.3) is 0 Å². The number of aliphatic hydroxyl groups is 1. The number of halogens is 2. The lowest BCUT2D eigenvalue weighted by atomic mass is 9.75. The predicted molar refractivity (Wildman–Crippen MR) is 87.5 cm³/mol. The van der Waals surface area contributed by atoms with E-state index in [4.69, 9.17) is 0 Å². The fourth-order valence-corrected chi connectivity index (χ4v) is 7.49. The van der Waals surface area contributed by atoms with Gasteiger partial charge in [0, 0.05) is 18.6 Å². The zero-order valence-corrected chi connectivity index (χ0v) is 15.7. The van der Waals surface area contributed by atoms with Crippen LogP contribution in [0.1, 0.15) is 32.1 Å². The van der Waals surface area contributed by atoms with Crippen molar-refractivity contribution < 1.29 is 13.5 Å². The predicted octanol–water partition coefficient (Wildman–Crippen LogP) is 3.49. The Bertz CT molecular complexity index is 565. The van der Waals surface area contributed by atoms with E-state index in [9.17, 15) is 13.5 Å². The monoisotopic (exact) mass is 445 g/mol. The molecule has 1 aliphatic rings. The van der Waals surface area contributed by atoms with E-state index >= 15 is 0 Å². The zero-order chi connectivity index (χ0) is 14.8. The number of sulfonamides is 1. The summed E-state index contributed by atoms with van der Waals surface area (Å²) >= 11 is 7.88. The number of hydrogen-bond acceptors (Lipinski definition) is 4. The number of aliphatic hydroxyl groups excluding tert-OH is 1. The van der Waals surface area contributed by atoms with Crippen LogP contribution in [0.2, 0.25) is 0 Å². The maximum absolute atomic E-state index is 12.3. The molecule has 0 saturated heterocycles. The van der Waals surface area contributed by atoms with Crippen molar-refractivity contribution in [2.24, 2.45) is 5.41 Å². The summed E-state index contributed by atoms with van der Waals surface area (Å²) in [6.07, 6.45) is 5.02. The van der Waals surface area contributed by atoms with Gasteiger partial charge in [-0.25, -0.2) is 13.1 Å². The Morgan fingerprint density at radius 3 is 2.45 bits per heavy atom. The van der Waals surface area contributed by atoms with Gasteiger partial charge in [-0.1, -0.05) is 19.3 Å². The lowest BCUT2D eigenvalue weighted by Gasteiger charge is -2.35. The average molecular weight is 447 g/mol. The normalized spacial score (nSPS) is 19.1. The Kier molecular flexibility index (Phi) is 5.70. The summed E-state index contributed by atoms with van der Waals surface area (Å²) in [5.41, 5.74) is -0.301. The van der Waals surface area contributed by atoms with Crippen molar-refractivity contribution in [2.75, 3.05) is 13.2 Å². The highest BCUT2D eigenvalue weighted by Crippen LogP contribution is 2.37. The van der Waals surface area contributed by atoms with E-state index in [1.54, 1.807) is 6.07 Å². The van der Waals surface area contributed by atoms with Gasteiger partial charge in [-0.05, 0) is 50.8 Å². The maximum atomic E-state index is 12.3. The smallest absolute Gasteiger partial charge is 0.242 e. The van der Waals surface area contributed by atoms with E-state index in [1.165, 1.54) is 11.3 Å². The van der Waals surface area contributed by atoms with E-state index < -0.39 is 10.0 Å². The molecule has 20 heavy (non-hydrogen) atoms. The van der Waals surface area contributed by atoms with Crippen LogP contribution in [0.5, 0.6) is 0 Å². The first kappa shape index (κ1) is 16.9. The second-order valence-corrected chi connectivity index (χ2v) is 10.7. The van der Waals surface area contributed by atoms with E-state index in [0.717, 1.165) is 35.9 Å². The summed E-state index contributed by atoms with van der Waals surface area (Å²) in [5, 5.41) is 9.62. The van der Waals surface area contributed by atoms with Gasteiger partial charge in [0.15, 0.2) is 0 Å². The summed E-state index contributed by atoms with van der Waals surface area (Å²) in [7, 11) is -3.55. The van der Waals surface area contributed by atoms with Crippen LogP contribution in [-0.4, -0.2) is 26.7 Å². The second-order valence-electron chi connectivity index (χ2n) is 5.23. The number of rotatable bonds is 5. The zero-order valence-electron chi connectivity index (χ0n) is 10.9. The summed E-state index contributed by atoms with van der Waals surface area (Å²) in [4.78, 5) is 0.248. The largest absolute Gasteiger partial charge is 0.396 e. The molecule has 1 heterocycles. The van der Waals surface area contributed by atoms with Crippen LogP contribution in [0.3, 0.4) is 0 Å².